The fourth-order valence-electron chi connectivity index (χ4n) is 3.19. The molecule has 0 fully saturated rings. The summed E-state index contributed by atoms with van der Waals surface area (Å²) in [5, 5.41) is 16.3. The molecule has 0 aliphatic heterocycles. The molecule has 146 valence electrons. The van der Waals surface area contributed by atoms with Crippen LogP contribution in [-0.2, 0) is 22.4 Å². The first-order valence-corrected chi connectivity index (χ1v) is 9.46. The van der Waals surface area contributed by atoms with E-state index in [1.165, 1.54) is 5.56 Å². The van der Waals surface area contributed by atoms with Crippen LogP contribution < -0.4 is 10.6 Å². The number of carbonyl (C=O) groups is 2. The van der Waals surface area contributed by atoms with E-state index < -0.39 is 12.0 Å². The van der Waals surface area contributed by atoms with Gasteiger partial charge in [-0.2, -0.15) is 0 Å². The van der Waals surface area contributed by atoms with Crippen molar-refractivity contribution in [3.63, 3.8) is 0 Å². The minimum Gasteiger partial charge on any atom is -0.480 e. The Morgan fingerprint density at radius 1 is 1.11 bits per heavy atom. The molecule has 0 aliphatic carbocycles. The maximum absolute atomic E-state index is 12.2. The van der Waals surface area contributed by atoms with Crippen LogP contribution in [0.2, 0.25) is 0 Å². The Kier molecular flexibility index (Phi) is 6.45. The van der Waals surface area contributed by atoms with Crippen molar-refractivity contribution in [3.8, 4) is 0 Å². The number of rotatable bonds is 9. The standard InChI is InChI=1S/C22H25N3O3/c1-2-15-7-9-17(10-8-15)25-21(26)13-20(22(27)28)23-12-11-16-14-24-19-6-4-3-5-18(16)19/h3-10,14,20,23-24H,2,11-13H2,1H3,(H,25,26)(H,27,28)/t20-/m0/s1. The van der Waals surface area contributed by atoms with Gasteiger partial charge in [-0.25, -0.2) is 0 Å². The average molecular weight is 379 g/mol. The van der Waals surface area contributed by atoms with Gasteiger partial charge in [-0.3, -0.25) is 9.59 Å². The Bertz CT molecular complexity index is 947. The van der Waals surface area contributed by atoms with E-state index in [1.54, 1.807) is 0 Å². The highest BCUT2D eigenvalue weighted by atomic mass is 16.4. The molecule has 1 aromatic heterocycles. The second kappa shape index (κ2) is 9.19. The second-order valence-electron chi connectivity index (χ2n) is 6.76. The van der Waals surface area contributed by atoms with Gasteiger partial charge in [0.1, 0.15) is 6.04 Å². The van der Waals surface area contributed by atoms with Crippen molar-refractivity contribution in [2.75, 3.05) is 11.9 Å². The summed E-state index contributed by atoms with van der Waals surface area (Å²) in [5.74, 6) is -1.35. The molecule has 28 heavy (non-hydrogen) atoms. The van der Waals surface area contributed by atoms with Crippen LogP contribution in [0.15, 0.2) is 54.7 Å². The summed E-state index contributed by atoms with van der Waals surface area (Å²) >= 11 is 0. The number of carboxylic acid groups (broad SMARTS) is 1. The van der Waals surface area contributed by atoms with Crippen molar-refractivity contribution in [2.24, 2.45) is 0 Å². The van der Waals surface area contributed by atoms with Gasteiger partial charge in [0.25, 0.3) is 0 Å². The molecule has 2 aromatic carbocycles. The molecule has 1 heterocycles. The van der Waals surface area contributed by atoms with Crippen LogP contribution in [0.3, 0.4) is 0 Å². The Morgan fingerprint density at radius 3 is 2.57 bits per heavy atom. The molecule has 0 bridgehead atoms. The lowest BCUT2D eigenvalue weighted by Gasteiger charge is -2.14. The van der Waals surface area contributed by atoms with Gasteiger partial charge in [-0.1, -0.05) is 37.3 Å². The number of amides is 1. The second-order valence-corrected chi connectivity index (χ2v) is 6.76. The molecule has 1 atom stereocenters. The fraction of sp³-hybridized carbons (Fsp3) is 0.273. The van der Waals surface area contributed by atoms with E-state index in [0.717, 1.165) is 22.9 Å². The molecule has 0 saturated carbocycles. The van der Waals surface area contributed by atoms with Crippen LogP contribution in [0.1, 0.15) is 24.5 Å². The molecule has 3 rings (SSSR count). The third kappa shape index (κ3) is 4.98. The molecule has 6 heteroatoms. The zero-order chi connectivity index (χ0) is 19.9. The van der Waals surface area contributed by atoms with Gasteiger partial charge in [0.05, 0.1) is 6.42 Å². The van der Waals surface area contributed by atoms with Crippen LogP contribution in [0.5, 0.6) is 0 Å². The summed E-state index contributed by atoms with van der Waals surface area (Å²) in [6.07, 6.45) is 3.41. The Morgan fingerprint density at radius 2 is 1.86 bits per heavy atom. The van der Waals surface area contributed by atoms with Gasteiger partial charge in [-0.05, 0) is 42.2 Å². The predicted octanol–water partition coefficient (Wildman–Crippen LogP) is 3.34. The number of aromatic nitrogens is 1. The first kappa shape index (κ1) is 19.6. The van der Waals surface area contributed by atoms with Gasteiger partial charge in [0, 0.05) is 29.3 Å². The number of hydrogen-bond acceptors (Lipinski definition) is 3. The van der Waals surface area contributed by atoms with Crippen molar-refractivity contribution in [2.45, 2.75) is 32.2 Å². The maximum atomic E-state index is 12.2. The molecule has 0 aliphatic rings. The first-order chi connectivity index (χ1) is 13.6. The number of benzene rings is 2. The van der Waals surface area contributed by atoms with Gasteiger partial charge >= 0.3 is 5.97 Å². The predicted molar refractivity (Wildman–Crippen MR) is 110 cm³/mol. The number of anilines is 1. The third-order valence-electron chi connectivity index (χ3n) is 4.79. The largest absolute Gasteiger partial charge is 0.480 e. The van der Waals surface area contributed by atoms with Crippen molar-refractivity contribution < 1.29 is 14.7 Å². The van der Waals surface area contributed by atoms with E-state index in [4.69, 9.17) is 0 Å². The number of aryl methyl sites for hydroxylation is 1. The normalized spacial score (nSPS) is 12.0. The number of para-hydroxylation sites is 1. The third-order valence-corrected chi connectivity index (χ3v) is 4.79. The minimum atomic E-state index is -1.03. The number of hydrogen-bond donors (Lipinski definition) is 4. The highest BCUT2D eigenvalue weighted by Crippen LogP contribution is 2.17. The summed E-state index contributed by atoms with van der Waals surface area (Å²) in [6, 6.07) is 14.6. The number of aliphatic carboxylic acids is 1. The molecule has 6 nitrogen and oxygen atoms in total. The molecule has 0 saturated heterocycles. The number of fused-ring (bicyclic) bond motifs is 1. The number of carboxylic acids is 1. The molecule has 0 spiro atoms. The molecule has 0 radical (unpaired) electrons. The van der Waals surface area contributed by atoms with Gasteiger partial charge < -0.3 is 20.7 Å². The molecular weight excluding hydrogens is 354 g/mol. The van der Waals surface area contributed by atoms with Gasteiger partial charge in [0.15, 0.2) is 0 Å². The smallest absolute Gasteiger partial charge is 0.321 e. The van der Waals surface area contributed by atoms with Crippen LogP contribution >= 0.6 is 0 Å². The van der Waals surface area contributed by atoms with Gasteiger partial charge in [-0.15, -0.1) is 0 Å². The number of nitrogens with one attached hydrogen (secondary N) is 3. The summed E-state index contributed by atoms with van der Waals surface area (Å²) in [5.41, 5.74) is 4.03. The zero-order valence-corrected chi connectivity index (χ0v) is 15.9. The van der Waals surface area contributed by atoms with Crippen LogP contribution in [-0.4, -0.2) is 34.6 Å². The minimum absolute atomic E-state index is 0.126. The SMILES string of the molecule is CCc1ccc(NC(=O)C[C@H](NCCc2c[nH]c3ccccc23)C(=O)O)cc1. The zero-order valence-electron chi connectivity index (χ0n) is 15.9. The molecule has 3 aromatic rings. The van der Waals surface area contributed by atoms with Crippen LogP contribution in [0, 0.1) is 0 Å². The van der Waals surface area contributed by atoms with E-state index in [0.29, 0.717) is 18.7 Å². The Labute approximate surface area is 164 Å². The number of carbonyl (C=O) groups excluding carboxylic acids is 1. The summed E-state index contributed by atoms with van der Waals surface area (Å²) in [7, 11) is 0. The lowest BCUT2D eigenvalue weighted by atomic mass is 10.1. The van der Waals surface area contributed by atoms with Crippen molar-refractivity contribution in [3.05, 3.63) is 65.9 Å². The monoisotopic (exact) mass is 379 g/mol. The molecule has 0 unspecified atom stereocenters. The Balaban J connectivity index is 1.52. The molecule has 4 N–H and O–H groups in total. The van der Waals surface area contributed by atoms with Crippen LogP contribution in [0.4, 0.5) is 5.69 Å². The number of aromatic amines is 1. The lowest BCUT2D eigenvalue weighted by Crippen LogP contribution is -2.40. The average Bonchev–Trinajstić information content (AvgIpc) is 3.11. The maximum Gasteiger partial charge on any atom is 0.321 e. The molecular formula is C22H25N3O3. The van der Waals surface area contributed by atoms with E-state index in [2.05, 4.69) is 22.5 Å². The summed E-state index contributed by atoms with van der Waals surface area (Å²) in [6.45, 7) is 2.53. The first-order valence-electron chi connectivity index (χ1n) is 9.46. The fourth-order valence-corrected chi connectivity index (χ4v) is 3.19. The van der Waals surface area contributed by atoms with E-state index in [-0.39, 0.29) is 12.3 Å². The van der Waals surface area contributed by atoms with E-state index in [9.17, 15) is 14.7 Å². The van der Waals surface area contributed by atoms with Crippen molar-refractivity contribution >= 4 is 28.5 Å². The summed E-state index contributed by atoms with van der Waals surface area (Å²) < 4.78 is 0. The Hall–Kier alpha value is -3.12. The highest BCUT2D eigenvalue weighted by molar-refractivity contribution is 5.94. The quantitative estimate of drug-likeness (QED) is 0.459. The van der Waals surface area contributed by atoms with Crippen molar-refractivity contribution in [1.82, 2.24) is 10.3 Å². The van der Waals surface area contributed by atoms with Crippen LogP contribution in [0.25, 0.3) is 10.9 Å². The topological polar surface area (TPSA) is 94.2 Å². The van der Waals surface area contributed by atoms with Crippen molar-refractivity contribution in [1.29, 1.82) is 0 Å². The lowest BCUT2D eigenvalue weighted by molar-refractivity contribution is -0.141. The number of H-pyrrole nitrogens is 1. The summed E-state index contributed by atoms with van der Waals surface area (Å²) in [4.78, 5) is 27.0. The van der Waals surface area contributed by atoms with Gasteiger partial charge in [0.2, 0.25) is 5.91 Å². The molecule has 1 amide bonds. The van der Waals surface area contributed by atoms with E-state index in [1.807, 2.05) is 54.7 Å². The highest BCUT2D eigenvalue weighted by Gasteiger charge is 2.20. The van der Waals surface area contributed by atoms with E-state index >= 15 is 0 Å².